The van der Waals surface area contributed by atoms with E-state index in [1.54, 1.807) is 17.0 Å². The Labute approximate surface area is 152 Å². The minimum atomic E-state index is -0.127. The maximum Gasteiger partial charge on any atom is 0.289 e. The third-order valence-corrected chi connectivity index (χ3v) is 5.07. The van der Waals surface area contributed by atoms with E-state index in [4.69, 9.17) is 9.15 Å². The van der Waals surface area contributed by atoms with Crippen LogP contribution in [0.3, 0.4) is 0 Å². The largest absolute Gasteiger partial charge is 0.482 e. The summed E-state index contributed by atoms with van der Waals surface area (Å²) in [5, 5.41) is 0. The maximum absolute atomic E-state index is 12.6. The average Bonchev–Trinajstić information content (AvgIpc) is 3.13. The van der Waals surface area contributed by atoms with Gasteiger partial charge in [0, 0.05) is 13.1 Å². The highest BCUT2D eigenvalue weighted by Gasteiger charge is 2.27. The van der Waals surface area contributed by atoms with E-state index in [1.165, 1.54) is 0 Å². The van der Waals surface area contributed by atoms with Crippen LogP contribution in [-0.4, -0.2) is 36.4 Å². The number of piperidine rings is 1. The molecule has 1 aromatic carbocycles. The molecular formula is C20H22N2O4. The predicted molar refractivity (Wildman–Crippen MR) is 96.1 cm³/mol. The standard InChI is InChI=1S/C20H22N2O4/c1-14-8-10-21(11-9-14)20(24)18-7-6-15(26-18)12-22-16-4-2-3-5-17(16)25-13-19(22)23/h2-7,14H,8-13H2,1H3. The van der Waals surface area contributed by atoms with E-state index in [1.807, 2.05) is 29.2 Å². The zero-order valence-corrected chi connectivity index (χ0v) is 14.8. The molecule has 1 fully saturated rings. The Morgan fingerprint density at radius 1 is 1.15 bits per heavy atom. The first-order chi connectivity index (χ1) is 12.6. The number of hydrogen-bond acceptors (Lipinski definition) is 4. The molecule has 26 heavy (non-hydrogen) atoms. The summed E-state index contributed by atoms with van der Waals surface area (Å²) in [6, 6.07) is 10.9. The van der Waals surface area contributed by atoms with Crippen LogP contribution in [0.25, 0.3) is 0 Å². The molecule has 0 atom stereocenters. The molecule has 136 valence electrons. The number of carbonyl (C=O) groups is 2. The topological polar surface area (TPSA) is 63.0 Å². The summed E-state index contributed by atoms with van der Waals surface area (Å²) >= 11 is 0. The molecule has 6 nitrogen and oxygen atoms in total. The summed E-state index contributed by atoms with van der Waals surface area (Å²) in [7, 11) is 0. The Morgan fingerprint density at radius 3 is 2.73 bits per heavy atom. The number of furan rings is 1. The summed E-state index contributed by atoms with van der Waals surface area (Å²) < 4.78 is 11.2. The van der Waals surface area contributed by atoms with Gasteiger partial charge in [-0.2, -0.15) is 0 Å². The second-order valence-electron chi connectivity index (χ2n) is 6.98. The quantitative estimate of drug-likeness (QED) is 0.850. The van der Waals surface area contributed by atoms with Crippen LogP contribution in [0.15, 0.2) is 40.8 Å². The van der Waals surface area contributed by atoms with Crippen molar-refractivity contribution >= 4 is 17.5 Å². The van der Waals surface area contributed by atoms with E-state index in [0.717, 1.165) is 31.6 Å². The van der Waals surface area contributed by atoms with E-state index >= 15 is 0 Å². The molecule has 4 rings (SSSR count). The molecule has 6 heteroatoms. The van der Waals surface area contributed by atoms with Crippen molar-refractivity contribution < 1.29 is 18.7 Å². The molecule has 2 aliphatic heterocycles. The number of nitrogens with zero attached hydrogens (tertiary/aromatic N) is 2. The van der Waals surface area contributed by atoms with E-state index in [0.29, 0.717) is 23.2 Å². The SMILES string of the molecule is CC1CCN(C(=O)c2ccc(CN3C(=O)COc4ccccc43)o2)CC1. The van der Waals surface area contributed by atoms with Crippen LogP contribution in [0.4, 0.5) is 5.69 Å². The summed E-state index contributed by atoms with van der Waals surface area (Å²) in [5.41, 5.74) is 0.720. The molecule has 2 amide bonds. The fraction of sp³-hybridized carbons (Fsp3) is 0.400. The normalized spacial score (nSPS) is 17.8. The summed E-state index contributed by atoms with van der Waals surface area (Å²) in [6.07, 6.45) is 2.05. The molecule has 0 bridgehead atoms. The fourth-order valence-corrected chi connectivity index (χ4v) is 3.43. The minimum absolute atomic E-state index is 0.00940. The Bertz CT molecular complexity index is 821. The molecule has 1 saturated heterocycles. The van der Waals surface area contributed by atoms with Crippen LogP contribution < -0.4 is 9.64 Å². The van der Waals surface area contributed by atoms with Gasteiger partial charge in [-0.3, -0.25) is 14.5 Å². The fourth-order valence-electron chi connectivity index (χ4n) is 3.43. The van der Waals surface area contributed by atoms with Crippen LogP contribution in [-0.2, 0) is 11.3 Å². The number of anilines is 1. The van der Waals surface area contributed by atoms with Gasteiger partial charge in [0.1, 0.15) is 11.5 Å². The Hall–Kier alpha value is -2.76. The molecule has 0 radical (unpaired) electrons. The minimum Gasteiger partial charge on any atom is -0.482 e. The number of amides is 2. The second-order valence-corrected chi connectivity index (χ2v) is 6.98. The Kier molecular flexibility index (Phi) is 4.41. The number of benzene rings is 1. The van der Waals surface area contributed by atoms with Crippen LogP contribution in [0.1, 0.15) is 36.1 Å². The maximum atomic E-state index is 12.6. The number of hydrogen-bond donors (Lipinski definition) is 0. The van der Waals surface area contributed by atoms with Gasteiger partial charge in [-0.1, -0.05) is 19.1 Å². The van der Waals surface area contributed by atoms with E-state index in [2.05, 4.69) is 6.92 Å². The Balaban J connectivity index is 1.49. The van der Waals surface area contributed by atoms with Gasteiger partial charge in [-0.05, 0) is 43.0 Å². The van der Waals surface area contributed by atoms with Crippen LogP contribution in [0, 0.1) is 5.92 Å². The highest BCUT2D eigenvalue weighted by Crippen LogP contribution is 2.32. The molecule has 2 aromatic rings. The number of carbonyl (C=O) groups excluding carboxylic acids is 2. The average molecular weight is 354 g/mol. The van der Waals surface area contributed by atoms with E-state index in [9.17, 15) is 9.59 Å². The van der Waals surface area contributed by atoms with Gasteiger partial charge >= 0.3 is 0 Å². The lowest BCUT2D eigenvalue weighted by atomic mass is 9.99. The van der Waals surface area contributed by atoms with Crippen molar-refractivity contribution in [1.82, 2.24) is 4.90 Å². The third kappa shape index (κ3) is 3.19. The highest BCUT2D eigenvalue weighted by atomic mass is 16.5. The molecule has 0 spiro atoms. The van der Waals surface area contributed by atoms with Crippen molar-refractivity contribution in [1.29, 1.82) is 0 Å². The number of rotatable bonds is 3. The molecular weight excluding hydrogens is 332 g/mol. The summed E-state index contributed by atoms with van der Waals surface area (Å²) in [4.78, 5) is 28.3. The molecule has 0 N–H and O–H groups in total. The van der Waals surface area contributed by atoms with Gasteiger partial charge in [0.2, 0.25) is 0 Å². The monoisotopic (exact) mass is 354 g/mol. The summed E-state index contributed by atoms with van der Waals surface area (Å²) in [5.74, 6) is 2.07. The van der Waals surface area contributed by atoms with Crippen molar-refractivity contribution in [2.75, 3.05) is 24.6 Å². The molecule has 2 aliphatic rings. The first kappa shape index (κ1) is 16.7. The summed E-state index contributed by atoms with van der Waals surface area (Å²) in [6.45, 7) is 4.04. The van der Waals surface area contributed by atoms with Crippen molar-refractivity contribution in [3.63, 3.8) is 0 Å². The van der Waals surface area contributed by atoms with Gasteiger partial charge in [0.05, 0.1) is 12.2 Å². The number of fused-ring (bicyclic) bond motifs is 1. The van der Waals surface area contributed by atoms with Crippen molar-refractivity contribution in [2.24, 2.45) is 5.92 Å². The van der Waals surface area contributed by atoms with Crippen LogP contribution >= 0.6 is 0 Å². The molecule has 0 unspecified atom stereocenters. The van der Waals surface area contributed by atoms with Crippen LogP contribution in [0.2, 0.25) is 0 Å². The Morgan fingerprint density at radius 2 is 1.92 bits per heavy atom. The lowest BCUT2D eigenvalue weighted by molar-refractivity contribution is -0.121. The molecule has 0 saturated carbocycles. The van der Waals surface area contributed by atoms with Gasteiger partial charge < -0.3 is 14.1 Å². The molecule has 3 heterocycles. The van der Waals surface area contributed by atoms with Gasteiger partial charge in [0.15, 0.2) is 12.4 Å². The number of likely N-dealkylation sites (tertiary alicyclic amines) is 1. The van der Waals surface area contributed by atoms with E-state index < -0.39 is 0 Å². The zero-order valence-electron chi connectivity index (χ0n) is 14.8. The first-order valence-electron chi connectivity index (χ1n) is 9.02. The predicted octanol–water partition coefficient (Wildman–Crippen LogP) is 3.08. The smallest absolute Gasteiger partial charge is 0.289 e. The number of ether oxygens (including phenoxy) is 1. The first-order valence-corrected chi connectivity index (χ1v) is 9.02. The second kappa shape index (κ2) is 6.86. The highest BCUT2D eigenvalue weighted by molar-refractivity contribution is 5.97. The zero-order chi connectivity index (χ0) is 18.1. The molecule has 0 aliphatic carbocycles. The van der Waals surface area contributed by atoms with Crippen molar-refractivity contribution in [2.45, 2.75) is 26.3 Å². The lowest BCUT2D eigenvalue weighted by Crippen LogP contribution is -2.38. The van der Waals surface area contributed by atoms with E-state index in [-0.39, 0.29) is 25.0 Å². The van der Waals surface area contributed by atoms with Gasteiger partial charge in [-0.25, -0.2) is 0 Å². The van der Waals surface area contributed by atoms with Crippen LogP contribution in [0.5, 0.6) is 5.75 Å². The van der Waals surface area contributed by atoms with Gasteiger partial charge in [0.25, 0.3) is 11.8 Å². The third-order valence-electron chi connectivity index (χ3n) is 5.07. The molecule has 1 aromatic heterocycles. The number of para-hydroxylation sites is 2. The van der Waals surface area contributed by atoms with Gasteiger partial charge in [-0.15, -0.1) is 0 Å². The van der Waals surface area contributed by atoms with Crippen molar-refractivity contribution in [3.8, 4) is 5.75 Å². The van der Waals surface area contributed by atoms with Crippen molar-refractivity contribution in [3.05, 3.63) is 47.9 Å². The lowest BCUT2D eigenvalue weighted by Gasteiger charge is -2.29.